The fourth-order valence-electron chi connectivity index (χ4n) is 1.06. The summed E-state index contributed by atoms with van der Waals surface area (Å²) in [6, 6.07) is 0. The van der Waals surface area contributed by atoms with Crippen molar-refractivity contribution in [3.63, 3.8) is 0 Å². The van der Waals surface area contributed by atoms with Crippen molar-refractivity contribution >= 4 is 6.29 Å². The Morgan fingerprint density at radius 3 is 2.80 bits per heavy atom. The number of hydrogen-bond donors (Lipinski definition) is 0. The first-order valence-electron chi connectivity index (χ1n) is 3.93. The van der Waals surface area contributed by atoms with Crippen LogP contribution in [0.3, 0.4) is 0 Å². The molecule has 58 valence electrons. The summed E-state index contributed by atoms with van der Waals surface area (Å²) in [5, 5.41) is 0. The summed E-state index contributed by atoms with van der Waals surface area (Å²) in [7, 11) is 0. The van der Waals surface area contributed by atoms with E-state index >= 15 is 0 Å². The van der Waals surface area contributed by atoms with Gasteiger partial charge in [-0.2, -0.15) is 0 Å². The molecule has 1 aliphatic rings. The third-order valence-corrected chi connectivity index (χ3v) is 1.80. The molecule has 0 aliphatic heterocycles. The van der Waals surface area contributed by atoms with Gasteiger partial charge in [0.2, 0.25) is 0 Å². The molecule has 2 heteroatoms. The molecule has 1 unspecified atom stereocenters. The molecule has 1 fully saturated rings. The van der Waals surface area contributed by atoms with E-state index in [2.05, 4.69) is 0 Å². The number of ether oxygens (including phenoxy) is 1. The van der Waals surface area contributed by atoms with E-state index < -0.39 is 0 Å². The van der Waals surface area contributed by atoms with Gasteiger partial charge in [0.1, 0.15) is 12.4 Å². The Labute approximate surface area is 61.6 Å². The van der Waals surface area contributed by atoms with E-state index in [0.717, 1.165) is 18.6 Å². The highest BCUT2D eigenvalue weighted by Crippen LogP contribution is 2.33. The molecule has 1 aliphatic carbocycles. The molecule has 0 N–H and O–H groups in total. The fraction of sp³-hybridized carbons (Fsp3) is 0.875. The van der Waals surface area contributed by atoms with Crippen molar-refractivity contribution in [1.29, 1.82) is 0 Å². The van der Waals surface area contributed by atoms with E-state index in [1.165, 1.54) is 12.8 Å². The van der Waals surface area contributed by atoms with E-state index in [0.29, 0.717) is 6.61 Å². The molecule has 0 aromatic carbocycles. The molecule has 0 amide bonds. The molecular weight excluding hydrogens is 128 g/mol. The third kappa shape index (κ3) is 2.48. The molecule has 0 radical (unpaired) electrons. The van der Waals surface area contributed by atoms with Crippen LogP contribution in [0.15, 0.2) is 0 Å². The van der Waals surface area contributed by atoms with Crippen LogP contribution in [0.5, 0.6) is 0 Å². The Morgan fingerprint density at radius 1 is 1.70 bits per heavy atom. The van der Waals surface area contributed by atoms with Crippen molar-refractivity contribution in [2.45, 2.75) is 32.3 Å². The summed E-state index contributed by atoms with van der Waals surface area (Å²) in [4.78, 5) is 10.3. The van der Waals surface area contributed by atoms with Crippen LogP contribution < -0.4 is 0 Å². The standard InChI is InChI=1S/C8H14O2/c1-2-10-8(6-9)5-7-3-4-7/h6-8H,2-5H2,1H3. The molecule has 1 saturated carbocycles. The lowest BCUT2D eigenvalue weighted by Gasteiger charge is -2.07. The Hall–Kier alpha value is -0.370. The van der Waals surface area contributed by atoms with Gasteiger partial charge in [-0.25, -0.2) is 0 Å². The maximum atomic E-state index is 10.3. The summed E-state index contributed by atoms with van der Waals surface area (Å²) in [5.74, 6) is 0.779. The molecule has 10 heavy (non-hydrogen) atoms. The number of carbonyl (C=O) groups is 1. The van der Waals surface area contributed by atoms with E-state index in [9.17, 15) is 4.79 Å². The molecule has 0 heterocycles. The average Bonchev–Trinajstić information content (AvgIpc) is 2.71. The molecule has 0 spiro atoms. The van der Waals surface area contributed by atoms with E-state index in [1.54, 1.807) is 0 Å². The minimum Gasteiger partial charge on any atom is -0.371 e. The number of rotatable bonds is 5. The molecule has 0 aromatic heterocycles. The fourth-order valence-corrected chi connectivity index (χ4v) is 1.06. The molecule has 0 saturated heterocycles. The van der Waals surface area contributed by atoms with Crippen molar-refractivity contribution in [2.24, 2.45) is 5.92 Å². The highest BCUT2D eigenvalue weighted by Gasteiger charge is 2.25. The van der Waals surface area contributed by atoms with Gasteiger partial charge in [0, 0.05) is 6.61 Å². The van der Waals surface area contributed by atoms with Crippen LogP contribution in [0, 0.1) is 5.92 Å². The van der Waals surface area contributed by atoms with Gasteiger partial charge >= 0.3 is 0 Å². The van der Waals surface area contributed by atoms with Gasteiger partial charge in [-0.1, -0.05) is 12.8 Å². The lowest BCUT2D eigenvalue weighted by Crippen LogP contribution is -2.14. The smallest absolute Gasteiger partial charge is 0.148 e. The second-order valence-electron chi connectivity index (χ2n) is 2.81. The van der Waals surface area contributed by atoms with Crippen LogP contribution in [0.4, 0.5) is 0 Å². The first-order chi connectivity index (χ1) is 4.86. The predicted octanol–water partition coefficient (Wildman–Crippen LogP) is 1.39. The van der Waals surface area contributed by atoms with Crippen LogP contribution in [-0.4, -0.2) is 19.0 Å². The summed E-state index contributed by atoms with van der Waals surface area (Å²) < 4.78 is 5.17. The Kier molecular flexibility index (Phi) is 2.87. The summed E-state index contributed by atoms with van der Waals surface area (Å²) in [6.07, 6.45) is 4.31. The van der Waals surface area contributed by atoms with Crippen LogP contribution in [0.25, 0.3) is 0 Å². The summed E-state index contributed by atoms with van der Waals surface area (Å²) >= 11 is 0. The Balaban J connectivity index is 2.11. The molecule has 2 nitrogen and oxygen atoms in total. The monoisotopic (exact) mass is 142 g/mol. The maximum absolute atomic E-state index is 10.3. The zero-order chi connectivity index (χ0) is 7.40. The number of hydrogen-bond acceptors (Lipinski definition) is 2. The molecule has 0 bridgehead atoms. The largest absolute Gasteiger partial charge is 0.371 e. The third-order valence-electron chi connectivity index (χ3n) is 1.80. The minimum atomic E-state index is -0.127. The van der Waals surface area contributed by atoms with Crippen LogP contribution >= 0.6 is 0 Å². The normalized spacial score (nSPS) is 20.5. The van der Waals surface area contributed by atoms with Crippen LogP contribution in [-0.2, 0) is 9.53 Å². The SMILES string of the molecule is CCOC(C=O)CC1CC1. The van der Waals surface area contributed by atoms with Gasteiger partial charge in [0.15, 0.2) is 0 Å². The molecule has 0 aromatic rings. The van der Waals surface area contributed by atoms with Crippen molar-refractivity contribution in [3.8, 4) is 0 Å². The van der Waals surface area contributed by atoms with Crippen molar-refractivity contribution < 1.29 is 9.53 Å². The minimum absolute atomic E-state index is 0.127. The lowest BCUT2D eigenvalue weighted by atomic mass is 10.2. The van der Waals surface area contributed by atoms with Crippen molar-refractivity contribution in [2.75, 3.05) is 6.61 Å². The quantitative estimate of drug-likeness (QED) is 0.542. The van der Waals surface area contributed by atoms with Crippen molar-refractivity contribution in [3.05, 3.63) is 0 Å². The zero-order valence-electron chi connectivity index (χ0n) is 6.38. The molecule has 1 atom stereocenters. The predicted molar refractivity (Wildman–Crippen MR) is 38.8 cm³/mol. The first kappa shape index (κ1) is 7.73. The van der Waals surface area contributed by atoms with Gasteiger partial charge in [-0.05, 0) is 19.3 Å². The van der Waals surface area contributed by atoms with E-state index in [4.69, 9.17) is 4.74 Å². The van der Waals surface area contributed by atoms with Crippen LogP contribution in [0.1, 0.15) is 26.2 Å². The van der Waals surface area contributed by atoms with Crippen molar-refractivity contribution in [1.82, 2.24) is 0 Å². The first-order valence-corrected chi connectivity index (χ1v) is 3.93. The van der Waals surface area contributed by atoms with Gasteiger partial charge in [-0.3, -0.25) is 0 Å². The lowest BCUT2D eigenvalue weighted by molar-refractivity contribution is -0.118. The zero-order valence-corrected chi connectivity index (χ0v) is 6.38. The molecule has 1 rings (SSSR count). The topological polar surface area (TPSA) is 26.3 Å². The second-order valence-corrected chi connectivity index (χ2v) is 2.81. The number of carbonyl (C=O) groups excluding carboxylic acids is 1. The molecular formula is C8H14O2. The Bertz CT molecular complexity index is 108. The van der Waals surface area contributed by atoms with Gasteiger partial charge in [-0.15, -0.1) is 0 Å². The maximum Gasteiger partial charge on any atom is 0.148 e. The van der Waals surface area contributed by atoms with Crippen LogP contribution in [0.2, 0.25) is 0 Å². The second kappa shape index (κ2) is 3.71. The summed E-state index contributed by atoms with van der Waals surface area (Å²) in [5.41, 5.74) is 0. The highest BCUT2D eigenvalue weighted by molar-refractivity contribution is 5.55. The van der Waals surface area contributed by atoms with Gasteiger partial charge in [0.25, 0.3) is 0 Å². The summed E-state index contributed by atoms with van der Waals surface area (Å²) in [6.45, 7) is 2.57. The Morgan fingerprint density at radius 2 is 2.40 bits per heavy atom. The van der Waals surface area contributed by atoms with E-state index in [-0.39, 0.29) is 6.10 Å². The van der Waals surface area contributed by atoms with E-state index in [1.807, 2.05) is 6.92 Å². The van der Waals surface area contributed by atoms with Gasteiger partial charge in [0.05, 0.1) is 0 Å². The average molecular weight is 142 g/mol. The highest BCUT2D eigenvalue weighted by atomic mass is 16.5. The number of aldehydes is 1. The van der Waals surface area contributed by atoms with Gasteiger partial charge < -0.3 is 9.53 Å².